The van der Waals surface area contributed by atoms with E-state index in [-0.39, 0.29) is 34.9 Å². The summed E-state index contributed by atoms with van der Waals surface area (Å²) in [5.41, 5.74) is 5.32. The fourth-order valence-corrected chi connectivity index (χ4v) is 7.05. The van der Waals surface area contributed by atoms with Gasteiger partial charge in [0, 0.05) is 42.8 Å². The van der Waals surface area contributed by atoms with Crippen molar-refractivity contribution in [2.45, 2.75) is 55.3 Å². The first-order chi connectivity index (χ1) is 15.3. The second-order valence-electron chi connectivity index (χ2n) is 8.86. The molecule has 2 aliphatic heterocycles. The van der Waals surface area contributed by atoms with Gasteiger partial charge in [-0.2, -0.15) is 4.31 Å². The van der Waals surface area contributed by atoms with Gasteiger partial charge in [-0.05, 0) is 50.3 Å². The Bertz CT molecular complexity index is 1210. The van der Waals surface area contributed by atoms with Gasteiger partial charge in [-0.1, -0.05) is 6.07 Å². The summed E-state index contributed by atoms with van der Waals surface area (Å²) in [7, 11) is -3.81. The number of pyridine rings is 1. The van der Waals surface area contributed by atoms with Crippen LogP contribution in [-0.2, 0) is 31.0 Å². The van der Waals surface area contributed by atoms with Crippen molar-refractivity contribution in [3.63, 3.8) is 0 Å². The highest BCUT2D eigenvalue weighted by Crippen LogP contribution is 2.51. The van der Waals surface area contributed by atoms with Gasteiger partial charge in [0.1, 0.15) is 0 Å². The predicted molar refractivity (Wildman–Crippen MR) is 116 cm³/mol. The lowest BCUT2D eigenvalue weighted by atomic mass is 10.0. The second kappa shape index (κ2) is 7.95. The van der Waals surface area contributed by atoms with Crippen LogP contribution in [0.15, 0.2) is 40.2 Å². The number of hydrogen-bond acceptors (Lipinski definition) is 7. The van der Waals surface area contributed by atoms with Crippen molar-refractivity contribution < 1.29 is 22.7 Å². The number of hydrogen-bond donors (Lipinski definition) is 1. The maximum atomic E-state index is 13.5. The van der Waals surface area contributed by atoms with Crippen molar-refractivity contribution in [2.75, 3.05) is 19.8 Å². The minimum absolute atomic E-state index is 0.110. The quantitative estimate of drug-likeness (QED) is 0.664. The summed E-state index contributed by atoms with van der Waals surface area (Å²) in [6, 6.07) is 6.14. The summed E-state index contributed by atoms with van der Waals surface area (Å²) in [5.74, 6) is -0.574. The third kappa shape index (κ3) is 3.45. The number of nitrogens with two attached hydrogens (primary N) is 1. The van der Waals surface area contributed by atoms with Crippen LogP contribution in [0.4, 0.5) is 0 Å². The number of carbonyl (C=O) groups excluding carboxylic acids is 1. The monoisotopic (exact) mass is 461 g/mol. The van der Waals surface area contributed by atoms with Crippen molar-refractivity contribution in [3.8, 4) is 0 Å². The molecule has 1 aromatic heterocycles. The van der Waals surface area contributed by atoms with E-state index < -0.39 is 21.1 Å². The number of benzene rings is 1. The first kappa shape index (κ1) is 21.6. The molecule has 1 saturated carbocycles. The molecule has 1 aromatic carbocycles. The first-order valence-electron chi connectivity index (χ1n) is 11.0. The molecule has 1 aliphatic carbocycles. The largest absolute Gasteiger partial charge is 0.444 e. The third-order valence-electron chi connectivity index (χ3n) is 7.04. The molecule has 9 nitrogen and oxygen atoms in total. The number of sulfonamides is 1. The Morgan fingerprint density at radius 1 is 1.16 bits per heavy atom. The Balaban J connectivity index is 1.43. The molecule has 0 bridgehead atoms. The van der Waals surface area contributed by atoms with Gasteiger partial charge in [0.2, 0.25) is 10.0 Å². The van der Waals surface area contributed by atoms with Gasteiger partial charge in [-0.15, -0.1) is 0 Å². The highest BCUT2D eigenvalue weighted by molar-refractivity contribution is 7.89. The van der Waals surface area contributed by atoms with Crippen LogP contribution in [0.1, 0.15) is 32.1 Å². The van der Waals surface area contributed by atoms with E-state index in [0.29, 0.717) is 44.4 Å². The minimum Gasteiger partial charge on any atom is -0.444 e. The molecule has 32 heavy (non-hydrogen) atoms. The average molecular weight is 462 g/mol. The maximum Gasteiger partial charge on any atom is 0.310 e. The molecule has 172 valence electrons. The number of esters is 1. The summed E-state index contributed by atoms with van der Waals surface area (Å²) in [6.07, 6.45) is 4.86. The number of fused-ring (bicyclic) bond motifs is 1. The Kier molecular flexibility index (Phi) is 5.36. The lowest BCUT2D eigenvalue weighted by molar-refractivity contribution is -0.155. The zero-order valence-corrected chi connectivity index (χ0v) is 18.6. The van der Waals surface area contributed by atoms with E-state index in [1.54, 1.807) is 18.2 Å². The van der Waals surface area contributed by atoms with Gasteiger partial charge in [0.25, 0.3) is 5.56 Å². The van der Waals surface area contributed by atoms with Crippen LogP contribution >= 0.6 is 0 Å². The fourth-order valence-electron chi connectivity index (χ4n) is 4.96. The van der Waals surface area contributed by atoms with Crippen LogP contribution in [0.2, 0.25) is 0 Å². The van der Waals surface area contributed by atoms with Gasteiger partial charge in [0.05, 0.1) is 16.4 Å². The molecule has 2 N–H and O–H groups in total. The van der Waals surface area contributed by atoms with E-state index in [1.165, 1.54) is 21.1 Å². The van der Waals surface area contributed by atoms with Crippen molar-refractivity contribution in [1.29, 1.82) is 0 Å². The number of nitrogens with zero attached hydrogens (tertiary/aromatic N) is 2. The van der Waals surface area contributed by atoms with E-state index in [2.05, 4.69) is 0 Å². The topological polar surface area (TPSA) is 121 Å². The predicted octanol–water partition coefficient (Wildman–Crippen LogP) is 1.18. The lowest BCUT2D eigenvalue weighted by Crippen LogP contribution is -2.44. The van der Waals surface area contributed by atoms with Crippen molar-refractivity contribution in [1.82, 2.24) is 8.87 Å². The van der Waals surface area contributed by atoms with Gasteiger partial charge >= 0.3 is 5.97 Å². The van der Waals surface area contributed by atoms with Crippen molar-refractivity contribution in [2.24, 2.45) is 11.7 Å². The average Bonchev–Trinajstić information content (AvgIpc) is 3.53. The fraction of sp³-hybridized carbons (Fsp3) is 0.545. The molecule has 1 atom stereocenters. The van der Waals surface area contributed by atoms with Gasteiger partial charge in [0.15, 0.2) is 6.73 Å². The van der Waals surface area contributed by atoms with E-state index in [4.69, 9.17) is 15.2 Å². The lowest BCUT2D eigenvalue weighted by Gasteiger charge is -2.26. The van der Waals surface area contributed by atoms with E-state index in [1.807, 2.05) is 0 Å². The molecule has 1 spiro atoms. The highest BCUT2D eigenvalue weighted by atomic mass is 32.2. The van der Waals surface area contributed by atoms with E-state index in [0.717, 1.165) is 12.8 Å². The Morgan fingerprint density at radius 2 is 1.91 bits per heavy atom. The molecule has 2 aromatic rings. The number of aromatic nitrogens is 1. The molecule has 5 rings (SSSR count). The molecule has 0 radical (unpaired) electrons. The first-order valence-corrected chi connectivity index (χ1v) is 12.4. The van der Waals surface area contributed by atoms with Crippen molar-refractivity contribution >= 4 is 26.8 Å². The molecule has 2 saturated heterocycles. The molecule has 3 fully saturated rings. The zero-order valence-electron chi connectivity index (χ0n) is 17.7. The molecular weight excluding hydrogens is 434 g/mol. The van der Waals surface area contributed by atoms with Crippen LogP contribution in [0, 0.1) is 5.92 Å². The summed E-state index contributed by atoms with van der Waals surface area (Å²) in [4.78, 5) is 25.4. The summed E-state index contributed by atoms with van der Waals surface area (Å²) in [6.45, 7) is 1.22. The summed E-state index contributed by atoms with van der Waals surface area (Å²) >= 11 is 0. The molecule has 10 heteroatoms. The van der Waals surface area contributed by atoms with E-state index in [9.17, 15) is 18.0 Å². The van der Waals surface area contributed by atoms with Crippen LogP contribution < -0.4 is 11.3 Å². The molecule has 0 unspecified atom stereocenters. The van der Waals surface area contributed by atoms with Crippen LogP contribution in [0.3, 0.4) is 0 Å². The Morgan fingerprint density at radius 3 is 2.62 bits per heavy atom. The second-order valence-corrected chi connectivity index (χ2v) is 10.7. The molecular formula is C22H27N3O6S. The normalized spacial score (nSPS) is 23.6. The van der Waals surface area contributed by atoms with Gasteiger partial charge < -0.3 is 15.2 Å². The van der Waals surface area contributed by atoms with E-state index >= 15 is 0 Å². The zero-order chi connectivity index (χ0) is 22.5. The van der Waals surface area contributed by atoms with Crippen LogP contribution in [0.25, 0.3) is 10.8 Å². The smallest absolute Gasteiger partial charge is 0.310 e. The Hall–Kier alpha value is -2.27. The maximum absolute atomic E-state index is 13.5. The number of rotatable bonds is 5. The number of carbonyl (C=O) groups is 1. The highest BCUT2D eigenvalue weighted by Gasteiger charge is 2.60. The molecule has 3 heterocycles. The standard InChI is InChI=1S/C22H27N3O6S/c23-19-5-11-25(22(19)8-9-22)32(28,29)18-3-1-2-17-16(18)4-10-24(20(17)26)14-31-21(27)15-6-12-30-13-7-15/h1-4,10,15,19H,5-9,11-14,23H2/t19-/m0/s1. The van der Waals surface area contributed by atoms with Crippen LogP contribution in [-0.4, -0.2) is 54.6 Å². The van der Waals surface area contributed by atoms with Crippen LogP contribution in [0.5, 0.6) is 0 Å². The SMILES string of the molecule is N[C@H]1CCN(S(=O)(=O)c2cccc3c(=O)n(COC(=O)C4CCOCC4)ccc23)C12CC2. The Labute approximate surface area is 186 Å². The molecule has 3 aliphatic rings. The third-order valence-corrected chi connectivity index (χ3v) is 9.08. The minimum atomic E-state index is -3.81. The summed E-state index contributed by atoms with van der Waals surface area (Å²) < 4.78 is 40.5. The van der Waals surface area contributed by atoms with Gasteiger partial charge in [-0.3, -0.25) is 14.2 Å². The van der Waals surface area contributed by atoms with Gasteiger partial charge in [-0.25, -0.2) is 8.42 Å². The number of ether oxygens (including phenoxy) is 2. The van der Waals surface area contributed by atoms with Crippen molar-refractivity contribution in [3.05, 3.63) is 40.8 Å². The summed E-state index contributed by atoms with van der Waals surface area (Å²) in [5, 5.41) is 0.629. The molecule has 0 amide bonds.